The predicted octanol–water partition coefficient (Wildman–Crippen LogP) is 2.40. The molecule has 19 heavy (non-hydrogen) atoms. The van der Waals surface area contributed by atoms with Crippen LogP contribution in [-0.4, -0.2) is 40.6 Å². The molecule has 0 aliphatic heterocycles. The SMILES string of the molecule is CNC(c1ccc(OC)cc1)C(C)OCCCOC. The number of hydrogen-bond acceptors (Lipinski definition) is 4. The molecule has 0 saturated carbocycles. The molecule has 1 N–H and O–H groups in total. The van der Waals surface area contributed by atoms with Crippen molar-refractivity contribution in [1.29, 1.82) is 0 Å². The van der Waals surface area contributed by atoms with Crippen molar-refractivity contribution in [2.75, 3.05) is 34.5 Å². The standard InChI is InChI=1S/C15H25NO3/c1-12(19-11-5-10-17-3)15(16-2)13-6-8-14(18-4)9-7-13/h6-9,12,15-16H,5,10-11H2,1-4H3. The first-order valence-electron chi connectivity index (χ1n) is 6.64. The molecule has 0 heterocycles. The Hall–Kier alpha value is -1.10. The van der Waals surface area contributed by atoms with Crippen LogP contribution in [0.5, 0.6) is 5.75 Å². The van der Waals surface area contributed by atoms with Gasteiger partial charge >= 0.3 is 0 Å². The van der Waals surface area contributed by atoms with Crippen molar-refractivity contribution in [2.24, 2.45) is 0 Å². The Bertz CT molecular complexity index is 340. The smallest absolute Gasteiger partial charge is 0.118 e. The topological polar surface area (TPSA) is 39.7 Å². The third-order valence-corrected chi connectivity index (χ3v) is 3.13. The lowest BCUT2D eigenvalue weighted by molar-refractivity contribution is 0.0286. The molecule has 0 aliphatic carbocycles. The number of ether oxygens (including phenoxy) is 3. The van der Waals surface area contributed by atoms with Gasteiger partial charge in [0.05, 0.1) is 19.3 Å². The van der Waals surface area contributed by atoms with Crippen LogP contribution in [0.25, 0.3) is 0 Å². The minimum absolute atomic E-state index is 0.107. The van der Waals surface area contributed by atoms with Crippen molar-refractivity contribution in [3.8, 4) is 5.75 Å². The number of hydrogen-bond donors (Lipinski definition) is 1. The second-order valence-corrected chi connectivity index (χ2v) is 4.46. The van der Waals surface area contributed by atoms with Crippen LogP contribution in [0, 0.1) is 0 Å². The van der Waals surface area contributed by atoms with Gasteiger partial charge in [0.15, 0.2) is 0 Å². The minimum Gasteiger partial charge on any atom is -0.497 e. The zero-order valence-electron chi connectivity index (χ0n) is 12.3. The summed E-state index contributed by atoms with van der Waals surface area (Å²) in [4.78, 5) is 0. The Balaban J connectivity index is 2.54. The number of benzene rings is 1. The van der Waals surface area contributed by atoms with Gasteiger partial charge in [0.1, 0.15) is 5.75 Å². The van der Waals surface area contributed by atoms with Crippen LogP contribution in [0.3, 0.4) is 0 Å². The largest absolute Gasteiger partial charge is 0.497 e. The Kier molecular flexibility index (Phi) is 7.48. The fraction of sp³-hybridized carbons (Fsp3) is 0.600. The van der Waals surface area contributed by atoms with Crippen LogP contribution >= 0.6 is 0 Å². The van der Waals surface area contributed by atoms with Gasteiger partial charge in [-0.3, -0.25) is 0 Å². The highest BCUT2D eigenvalue weighted by Gasteiger charge is 2.17. The van der Waals surface area contributed by atoms with E-state index in [9.17, 15) is 0 Å². The molecule has 1 aromatic carbocycles. The third-order valence-electron chi connectivity index (χ3n) is 3.13. The lowest BCUT2D eigenvalue weighted by Gasteiger charge is -2.24. The zero-order valence-corrected chi connectivity index (χ0v) is 12.3. The molecule has 1 aromatic rings. The van der Waals surface area contributed by atoms with E-state index in [2.05, 4.69) is 24.4 Å². The molecule has 2 unspecified atom stereocenters. The van der Waals surface area contributed by atoms with E-state index in [1.54, 1.807) is 14.2 Å². The Labute approximate surface area is 116 Å². The van der Waals surface area contributed by atoms with E-state index < -0.39 is 0 Å². The summed E-state index contributed by atoms with van der Waals surface area (Å²) < 4.78 is 16.0. The molecule has 4 heteroatoms. The molecule has 0 saturated heterocycles. The quantitative estimate of drug-likeness (QED) is 0.697. The zero-order chi connectivity index (χ0) is 14.1. The van der Waals surface area contributed by atoms with Gasteiger partial charge in [0.25, 0.3) is 0 Å². The highest BCUT2D eigenvalue weighted by molar-refractivity contribution is 5.29. The van der Waals surface area contributed by atoms with Crippen LogP contribution in [0.15, 0.2) is 24.3 Å². The summed E-state index contributed by atoms with van der Waals surface area (Å²) in [6.07, 6.45) is 1.02. The molecule has 2 atom stereocenters. The summed E-state index contributed by atoms with van der Waals surface area (Å²) >= 11 is 0. The van der Waals surface area contributed by atoms with Gasteiger partial charge in [-0.05, 0) is 38.1 Å². The van der Waals surface area contributed by atoms with E-state index in [1.165, 1.54) is 5.56 Å². The normalized spacial score (nSPS) is 14.1. The van der Waals surface area contributed by atoms with Crippen molar-refractivity contribution in [3.63, 3.8) is 0 Å². The third kappa shape index (κ3) is 5.19. The summed E-state index contributed by atoms with van der Waals surface area (Å²) in [5.74, 6) is 0.868. The molecule has 0 fully saturated rings. The molecule has 1 rings (SSSR count). The summed E-state index contributed by atoms with van der Waals surface area (Å²) in [6.45, 7) is 3.53. The molecule has 0 aromatic heterocycles. The molecule has 0 radical (unpaired) electrons. The summed E-state index contributed by atoms with van der Waals surface area (Å²) in [6, 6.07) is 8.24. The molecule has 0 spiro atoms. The van der Waals surface area contributed by atoms with Gasteiger partial charge in [0, 0.05) is 20.3 Å². The number of rotatable bonds is 9. The lowest BCUT2D eigenvalue weighted by atomic mass is 10.0. The van der Waals surface area contributed by atoms with Crippen LogP contribution in [-0.2, 0) is 9.47 Å². The number of likely N-dealkylation sites (N-methyl/N-ethyl adjacent to an activating group) is 1. The maximum Gasteiger partial charge on any atom is 0.118 e. The van der Waals surface area contributed by atoms with Gasteiger partial charge in [0.2, 0.25) is 0 Å². The lowest BCUT2D eigenvalue weighted by Crippen LogP contribution is -2.29. The summed E-state index contributed by atoms with van der Waals surface area (Å²) in [5, 5.41) is 3.30. The summed E-state index contributed by atoms with van der Waals surface area (Å²) in [5.41, 5.74) is 1.20. The molecule has 0 amide bonds. The van der Waals surface area contributed by atoms with Crippen LogP contribution in [0.1, 0.15) is 24.9 Å². The Morgan fingerprint density at radius 2 is 1.79 bits per heavy atom. The average molecular weight is 267 g/mol. The van der Waals surface area contributed by atoms with E-state index in [4.69, 9.17) is 14.2 Å². The fourth-order valence-corrected chi connectivity index (χ4v) is 2.05. The van der Waals surface area contributed by atoms with Gasteiger partial charge in [-0.15, -0.1) is 0 Å². The Morgan fingerprint density at radius 1 is 1.11 bits per heavy atom. The first-order valence-corrected chi connectivity index (χ1v) is 6.64. The van der Waals surface area contributed by atoms with Crippen molar-refractivity contribution in [3.05, 3.63) is 29.8 Å². The van der Waals surface area contributed by atoms with Crippen molar-refractivity contribution in [2.45, 2.75) is 25.5 Å². The molecule has 0 aliphatic rings. The minimum atomic E-state index is 0.107. The van der Waals surface area contributed by atoms with Gasteiger partial charge in [-0.25, -0.2) is 0 Å². The molecule has 4 nitrogen and oxygen atoms in total. The van der Waals surface area contributed by atoms with E-state index in [0.29, 0.717) is 6.61 Å². The molecule has 108 valence electrons. The van der Waals surface area contributed by atoms with Gasteiger partial charge in [-0.2, -0.15) is 0 Å². The van der Waals surface area contributed by atoms with E-state index >= 15 is 0 Å². The second kappa shape index (κ2) is 8.91. The maximum absolute atomic E-state index is 5.83. The van der Waals surface area contributed by atoms with E-state index in [-0.39, 0.29) is 12.1 Å². The van der Waals surface area contributed by atoms with Crippen LogP contribution < -0.4 is 10.1 Å². The van der Waals surface area contributed by atoms with E-state index in [0.717, 1.165) is 18.8 Å². The average Bonchev–Trinajstić information content (AvgIpc) is 2.45. The highest BCUT2D eigenvalue weighted by atomic mass is 16.5. The maximum atomic E-state index is 5.83. The van der Waals surface area contributed by atoms with Crippen LogP contribution in [0.2, 0.25) is 0 Å². The summed E-state index contributed by atoms with van der Waals surface area (Å²) in [7, 11) is 5.33. The van der Waals surface area contributed by atoms with E-state index in [1.807, 2.05) is 19.2 Å². The molecular weight excluding hydrogens is 242 g/mol. The molecule has 0 bridgehead atoms. The second-order valence-electron chi connectivity index (χ2n) is 4.46. The first kappa shape index (κ1) is 16.0. The van der Waals surface area contributed by atoms with Crippen LogP contribution in [0.4, 0.5) is 0 Å². The fourth-order valence-electron chi connectivity index (χ4n) is 2.05. The highest BCUT2D eigenvalue weighted by Crippen LogP contribution is 2.21. The van der Waals surface area contributed by atoms with Crippen molar-refractivity contribution in [1.82, 2.24) is 5.32 Å². The predicted molar refractivity (Wildman–Crippen MR) is 76.7 cm³/mol. The van der Waals surface area contributed by atoms with Gasteiger partial charge < -0.3 is 19.5 Å². The number of methoxy groups -OCH3 is 2. The molecular formula is C15H25NO3. The monoisotopic (exact) mass is 267 g/mol. The van der Waals surface area contributed by atoms with Gasteiger partial charge in [-0.1, -0.05) is 12.1 Å². The first-order chi connectivity index (χ1) is 9.22. The Morgan fingerprint density at radius 3 is 2.32 bits per heavy atom. The number of nitrogens with one attached hydrogen (secondary N) is 1. The van der Waals surface area contributed by atoms with Crippen molar-refractivity contribution < 1.29 is 14.2 Å². The van der Waals surface area contributed by atoms with Crippen molar-refractivity contribution >= 4 is 0 Å².